The normalized spacial score (nSPS) is 15.5. The van der Waals surface area contributed by atoms with Gasteiger partial charge in [-0.3, -0.25) is 10.2 Å². The van der Waals surface area contributed by atoms with Crippen LogP contribution in [0.15, 0.2) is 41.1 Å². The number of carbonyl (C=O) groups excluding carboxylic acids is 1. The van der Waals surface area contributed by atoms with E-state index in [9.17, 15) is 4.79 Å². The number of allylic oxidation sites excluding steroid dienone is 2. The number of hydrogen-bond acceptors (Lipinski definition) is 3. The van der Waals surface area contributed by atoms with Gasteiger partial charge >= 0.3 is 0 Å². The van der Waals surface area contributed by atoms with Crippen LogP contribution < -0.4 is 5.73 Å². The first kappa shape index (κ1) is 14.6. The van der Waals surface area contributed by atoms with Gasteiger partial charge in [0.1, 0.15) is 11.0 Å². The highest BCUT2D eigenvalue weighted by Gasteiger charge is 2.21. The molecule has 1 aromatic heterocycles. The molecular formula is C13H12Cl2N4O. The van der Waals surface area contributed by atoms with Crippen LogP contribution in [0.5, 0.6) is 0 Å². The maximum Gasteiger partial charge on any atom is 0.252 e. The number of nitrogens with one attached hydrogen (secondary N) is 1. The minimum Gasteiger partial charge on any atom is -0.365 e. The molecule has 0 bridgehead atoms. The predicted octanol–water partition coefficient (Wildman–Crippen LogP) is 2.06. The van der Waals surface area contributed by atoms with Crippen molar-refractivity contribution in [3.63, 3.8) is 0 Å². The Morgan fingerprint density at radius 1 is 1.45 bits per heavy atom. The minimum absolute atomic E-state index is 0.0411. The lowest BCUT2D eigenvalue weighted by Gasteiger charge is -2.23. The summed E-state index contributed by atoms with van der Waals surface area (Å²) in [5, 5.41) is 8.87. The lowest BCUT2D eigenvalue weighted by Crippen LogP contribution is -2.34. The molecule has 0 unspecified atom stereocenters. The van der Waals surface area contributed by atoms with Gasteiger partial charge < -0.3 is 10.6 Å². The number of hydrogen-bond donors (Lipinski definition) is 2. The van der Waals surface area contributed by atoms with Crippen LogP contribution in [0.25, 0.3) is 0 Å². The van der Waals surface area contributed by atoms with Gasteiger partial charge in [-0.05, 0) is 23.8 Å². The Labute approximate surface area is 126 Å². The lowest BCUT2D eigenvalue weighted by atomic mass is 10.2. The number of amides is 1. The van der Waals surface area contributed by atoms with Crippen molar-refractivity contribution in [3.8, 4) is 0 Å². The molecule has 3 N–H and O–H groups in total. The average molecular weight is 311 g/mol. The van der Waals surface area contributed by atoms with Crippen LogP contribution in [0.1, 0.15) is 5.56 Å². The molecule has 0 saturated heterocycles. The number of carbonyl (C=O) groups is 1. The van der Waals surface area contributed by atoms with Gasteiger partial charge in [-0.25, -0.2) is 4.98 Å². The zero-order valence-corrected chi connectivity index (χ0v) is 11.9. The van der Waals surface area contributed by atoms with E-state index in [1.54, 1.807) is 23.2 Å². The number of nitrogens with two attached hydrogens (primary N) is 1. The molecule has 1 aliphatic heterocycles. The van der Waals surface area contributed by atoms with Gasteiger partial charge in [-0.1, -0.05) is 29.3 Å². The highest BCUT2D eigenvalue weighted by Crippen LogP contribution is 2.17. The van der Waals surface area contributed by atoms with E-state index >= 15 is 0 Å². The molecule has 0 aliphatic carbocycles. The van der Waals surface area contributed by atoms with E-state index in [4.69, 9.17) is 34.3 Å². The number of halogens is 2. The summed E-state index contributed by atoms with van der Waals surface area (Å²) in [5.74, 6) is -0.637. The molecule has 0 fully saturated rings. The molecule has 0 atom stereocenters. The van der Waals surface area contributed by atoms with Crippen LogP contribution in [0, 0.1) is 5.41 Å². The molecule has 5 nitrogen and oxygen atoms in total. The fourth-order valence-electron chi connectivity index (χ4n) is 1.78. The molecule has 2 rings (SSSR count). The van der Waals surface area contributed by atoms with Gasteiger partial charge in [0.05, 0.1) is 5.57 Å². The molecule has 1 amide bonds. The zero-order valence-electron chi connectivity index (χ0n) is 10.4. The van der Waals surface area contributed by atoms with Crippen molar-refractivity contribution in [2.75, 3.05) is 6.54 Å². The first-order valence-electron chi connectivity index (χ1n) is 5.79. The van der Waals surface area contributed by atoms with Crippen LogP contribution in [0.4, 0.5) is 0 Å². The average Bonchev–Trinajstić information content (AvgIpc) is 2.54. The third-order valence-electron chi connectivity index (χ3n) is 2.79. The molecule has 0 radical (unpaired) electrons. The van der Waals surface area contributed by atoms with Crippen molar-refractivity contribution >= 4 is 34.9 Å². The number of nitrogens with zero attached hydrogens (tertiary/aromatic N) is 2. The van der Waals surface area contributed by atoms with E-state index in [0.29, 0.717) is 23.3 Å². The Morgan fingerprint density at radius 2 is 2.20 bits per heavy atom. The van der Waals surface area contributed by atoms with Crippen molar-refractivity contribution in [1.82, 2.24) is 9.88 Å². The predicted molar refractivity (Wildman–Crippen MR) is 78.6 cm³/mol. The molecule has 0 saturated carbocycles. The second kappa shape index (κ2) is 6.07. The number of rotatable bonds is 3. The number of pyridine rings is 1. The quantitative estimate of drug-likeness (QED) is 0.838. The molecular weight excluding hydrogens is 299 g/mol. The summed E-state index contributed by atoms with van der Waals surface area (Å²) in [7, 11) is 0. The van der Waals surface area contributed by atoms with Crippen LogP contribution in [0.3, 0.4) is 0 Å². The Hall–Kier alpha value is -1.85. The van der Waals surface area contributed by atoms with Crippen LogP contribution in [-0.4, -0.2) is 28.2 Å². The van der Waals surface area contributed by atoms with E-state index in [1.165, 1.54) is 6.08 Å². The maximum atomic E-state index is 11.4. The highest BCUT2D eigenvalue weighted by atomic mass is 35.5. The number of amidine groups is 1. The summed E-state index contributed by atoms with van der Waals surface area (Å²) < 4.78 is 0. The number of aromatic nitrogens is 1. The first-order valence-corrected chi connectivity index (χ1v) is 6.54. The Balaban J connectivity index is 2.23. The fraction of sp³-hybridized carbons (Fsp3) is 0.154. The topological polar surface area (TPSA) is 83.1 Å². The van der Waals surface area contributed by atoms with Crippen molar-refractivity contribution in [1.29, 1.82) is 5.41 Å². The van der Waals surface area contributed by atoms with Crippen molar-refractivity contribution in [3.05, 3.63) is 51.8 Å². The van der Waals surface area contributed by atoms with Gasteiger partial charge in [-0.2, -0.15) is 0 Å². The number of primary amides is 1. The second-order valence-electron chi connectivity index (χ2n) is 4.23. The van der Waals surface area contributed by atoms with Crippen molar-refractivity contribution < 1.29 is 4.79 Å². The van der Waals surface area contributed by atoms with Gasteiger partial charge in [0.15, 0.2) is 0 Å². The molecule has 0 aromatic carbocycles. The monoisotopic (exact) mass is 310 g/mol. The molecule has 104 valence electrons. The van der Waals surface area contributed by atoms with E-state index in [0.717, 1.165) is 5.56 Å². The third-order valence-corrected chi connectivity index (χ3v) is 3.27. The molecule has 1 aliphatic rings. The Bertz CT molecular complexity index is 607. The Kier molecular flexibility index (Phi) is 4.42. The van der Waals surface area contributed by atoms with Crippen molar-refractivity contribution in [2.45, 2.75) is 6.54 Å². The molecule has 20 heavy (non-hydrogen) atoms. The van der Waals surface area contributed by atoms with Gasteiger partial charge in [0, 0.05) is 24.3 Å². The standard InChI is InChI=1S/C13H12Cl2N4O/c14-9-3-4-19(12(16)10(5-9)13(17)20)7-8-1-2-11(15)18-6-8/h1-3,5-6,16H,4,7H2,(H2,17,20). The fourth-order valence-corrected chi connectivity index (χ4v) is 2.07. The van der Waals surface area contributed by atoms with E-state index in [2.05, 4.69) is 4.98 Å². The van der Waals surface area contributed by atoms with Crippen molar-refractivity contribution in [2.24, 2.45) is 5.73 Å². The maximum absolute atomic E-state index is 11.4. The highest BCUT2D eigenvalue weighted by molar-refractivity contribution is 6.33. The third kappa shape index (κ3) is 3.37. The molecule has 2 heterocycles. The smallest absolute Gasteiger partial charge is 0.252 e. The summed E-state index contributed by atoms with van der Waals surface area (Å²) in [5.41, 5.74) is 6.23. The van der Waals surface area contributed by atoms with E-state index in [-0.39, 0.29) is 11.4 Å². The van der Waals surface area contributed by atoms with Crippen LogP contribution in [0.2, 0.25) is 5.15 Å². The summed E-state index contributed by atoms with van der Waals surface area (Å²) >= 11 is 11.7. The second-order valence-corrected chi connectivity index (χ2v) is 5.05. The SMILES string of the molecule is N=C1C(C(N)=O)=CC(Cl)=CCN1Cc1ccc(Cl)nc1. The summed E-state index contributed by atoms with van der Waals surface area (Å²) in [6, 6.07) is 3.48. The van der Waals surface area contributed by atoms with Gasteiger partial charge in [0.25, 0.3) is 5.91 Å². The molecule has 1 aromatic rings. The molecule has 7 heteroatoms. The summed E-state index contributed by atoms with van der Waals surface area (Å²) in [4.78, 5) is 17.0. The lowest BCUT2D eigenvalue weighted by molar-refractivity contribution is -0.114. The largest absolute Gasteiger partial charge is 0.365 e. The summed E-state index contributed by atoms with van der Waals surface area (Å²) in [6.45, 7) is 0.821. The van der Waals surface area contributed by atoms with Gasteiger partial charge in [-0.15, -0.1) is 0 Å². The zero-order chi connectivity index (χ0) is 14.7. The first-order chi connectivity index (χ1) is 9.47. The van der Waals surface area contributed by atoms with E-state index < -0.39 is 5.91 Å². The van der Waals surface area contributed by atoms with Crippen LogP contribution in [-0.2, 0) is 11.3 Å². The van der Waals surface area contributed by atoms with Crippen LogP contribution >= 0.6 is 23.2 Å². The minimum atomic E-state index is -0.678. The van der Waals surface area contributed by atoms with Gasteiger partial charge in [0.2, 0.25) is 0 Å². The molecule has 0 spiro atoms. The summed E-state index contributed by atoms with van der Waals surface area (Å²) in [6.07, 6.45) is 4.75. The van der Waals surface area contributed by atoms with E-state index in [1.807, 2.05) is 6.07 Å². The Morgan fingerprint density at radius 3 is 2.80 bits per heavy atom.